The van der Waals surface area contributed by atoms with Crippen LogP contribution in [0.15, 0.2) is 65.1 Å². The number of rotatable bonds is 10. The maximum Gasteiger partial charge on any atom is 0.341 e. The zero-order valence-corrected chi connectivity index (χ0v) is 22.0. The van der Waals surface area contributed by atoms with Crippen molar-refractivity contribution in [3.8, 4) is 16.9 Å². The number of nitrogens with zero attached hydrogens (tertiary/aromatic N) is 3. The Morgan fingerprint density at radius 3 is 2.56 bits per heavy atom. The van der Waals surface area contributed by atoms with Crippen molar-refractivity contribution in [1.82, 2.24) is 14.8 Å². The van der Waals surface area contributed by atoms with Gasteiger partial charge in [-0.3, -0.25) is 4.79 Å². The molecule has 0 unspecified atom stereocenters. The van der Waals surface area contributed by atoms with Crippen LogP contribution < -0.4 is 10.1 Å². The number of thiophene rings is 1. The van der Waals surface area contributed by atoms with Crippen molar-refractivity contribution in [3.05, 3.63) is 76.4 Å². The van der Waals surface area contributed by atoms with Crippen LogP contribution in [0.25, 0.3) is 11.1 Å². The van der Waals surface area contributed by atoms with E-state index in [1.54, 1.807) is 24.3 Å². The maximum atomic E-state index is 12.8. The normalized spacial score (nSPS) is 10.8. The Hall–Kier alpha value is -3.34. The highest BCUT2D eigenvalue weighted by molar-refractivity contribution is 7.99. The van der Waals surface area contributed by atoms with Crippen molar-refractivity contribution < 1.29 is 19.1 Å². The van der Waals surface area contributed by atoms with E-state index in [9.17, 15) is 9.59 Å². The average molecular weight is 543 g/mol. The van der Waals surface area contributed by atoms with Crippen LogP contribution in [0.5, 0.6) is 5.75 Å². The number of hydrogen-bond donors (Lipinski definition) is 1. The third kappa shape index (κ3) is 6.07. The summed E-state index contributed by atoms with van der Waals surface area (Å²) in [5.41, 5.74) is 1.92. The molecule has 0 bridgehead atoms. The van der Waals surface area contributed by atoms with Gasteiger partial charge >= 0.3 is 5.97 Å². The first-order valence-corrected chi connectivity index (χ1v) is 13.2. The van der Waals surface area contributed by atoms with Crippen molar-refractivity contribution in [1.29, 1.82) is 0 Å². The highest BCUT2D eigenvalue weighted by atomic mass is 35.5. The van der Waals surface area contributed by atoms with Gasteiger partial charge in [-0.1, -0.05) is 53.7 Å². The second-order valence-electron chi connectivity index (χ2n) is 7.43. The number of nitrogens with one attached hydrogen (secondary N) is 1. The molecule has 0 aliphatic carbocycles. The Bertz CT molecular complexity index is 1340. The topological polar surface area (TPSA) is 95.3 Å². The number of carbonyl (C=O) groups is 2. The minimum absolute atomic E-state index is 0.0926. The number of ether oxygens (including phenoxy) is 2. The molecule has 0 spiro atoms. The van der Waals surface area contributed by atoms with Crippen LogP contribution in [0.4, 0.5) is 5.00 Å². The number of halogens is 1. The molecule has 4 aromatic rings. The van der Waals surface area contributed by atoms with Crippen molar-refractivity contribution >= 4 is 51.6 Å². The predicted octanol–water partition coefficient (Wildman–Crippen LogP) is 5.78. The highest BCUT2D eigenvalue weighted by Gasteiger charge is 2.22. The third-order valence-electron chi connectivity index (χ3n) is 5.14. The molecule has 0 radical (unpaired) electrons. The number of thioether (sulfide) groups is 1. The highest BCUT2D eigenvalue weighted by Crippen LogP contribution is 2.36. The van der Waals surface area contributed by atoms with Gasteiger partial charge in [-0.25, -0.2) is 4.79 Å². The van der Waals surface area contributed by atoms with Crippen LogP contribution >= 0.6 is 34.7 Å². The molecule has 36 heavy (non-hydrogen) atoms. The largest absolute Gasteiger partial charge is 0.486 e. The first-order valence-electron chi connectivity index (χ1n) is 11.0. The first-order chi connectivity index (χ1) is 17.5. The number of anilines is 1. The molecule has 0 aliphatic heterocycles. The summed E-state index contributed by atoms with van der Waals surface area (Å²) in [7, 11) is 1.32. The van der Waals surface area contributed by atoms with Gasteiger partial charge in [-0.05, 0) is 36.8 Å². The molecule has 2 heterocycles. The number of benzene rings is 2. The van der Waals surface area contributed by atoms with Crippen molar-refractivity contribution in [2.75, 3.05) is 18.2 Å². The second kappa shape index (κ2) is 12.1. The molecule has 1 amide bonds. The summed E-state index contributed by atoms with van der Waals surface area (Å²) >= 11 is 8.45. The van der Waals surface area contributed by atoms with Crippen molar-refractivity contribution in [3.63, 3.8) is 0 Å². The van der Waals surface area contributed by atoms with E-state index < -0.39 is 5.97 Å². The minimum Gasteiger partial charge on any atom is -0.486 e. The standard InChI is InChI=1S/C25H23ClN4O4S2/c1-3-30-20(13-34-18-11-9-17(26)10-12-18)28-29-25(30)36-15-21(31)27-23-22(24(32)33-2)19(14-35-23)16-7-5-4-6-8-16/h4-12,14H,3,13,15H2,1-2H3,(H,27,31). The summed E-state index contributed by atoms with van der Waals surface area (Å²) < 4.78 is 12.6. The lowest BCUT2D eigenvalue weighted by atomic mass is 10.0. The first kappa shape index (κ1) is 25.7. The van der Waals surface area contributed by atoms with Crippen LogP contribution in [-0.2, 0) is 22.7 Å². The lowest BCUT2D eigenvalue weighted by molar-refractivity contribution is -0.113. The van der Waals surface area contributed by atoms with E-state index in [0.29, 0.717) is 44.4 Å². The lowest BCUT2D eigenvalue weighted by Gasteiger charge is -2.09. The van der Waals surface area contributed by atoms with Gasteiger partial charge in [0.05, 0.1) is 12.9 Å². The van der Waals surface area contributed by atoms with Crippen LogP contribution in [0.2, 0.25) is 5.02 Å². The molecular weight excluding hydrogens is 520 g/mol. The van der Waals surface area contributed by atoms with E-state index in [-0.39, 0.29) is 18.3 Å². The molecule has 1 N–H and O–H groups in total. The minimum atomic E-state index is -0.505. The van der Waals surface area contributed by atoms with Gasteiger partial charge in [-0.15, -0.1) is 21.5 Å². The third-order valence-corrected chi connectivity index (χ3v) is 7.26. The number of aromatic nitrogens is 3. The van der Waals surface area contributed by atoms with Gasteiger partial charge in [0.15, 0.2) is 11.0 Å². The van der Waals surface area contributed by atoms with E-state index >= 15 is 0 Å². The fourth-order valence-corrected chi connectivity index (χ4v) is 5.33. The van der Waals surface area contributed by atoms with Gasteiger partial charge in [-0.2, -0.15) is 0 Å². The molecule has 0 atom stereocenters. The molecule has 11 heteroatoms. The van der Waals surface area contributed by atoms with Crippen molar-refractivity contribution in [2.45, 2.75) is 25.2 Å². The molecule has 8 nitrogen and oxygen atoms in total. The maximum absolute atomic E-state index is 12.8. The van der Waals surface area contributed by atoms with Crippen LogP contribution in [0, 0.1) is 0 Å². The Morgan fingerprint density at radius 1 is 1.11 bits per heavy atom. The average Bonchev–Trinajstić information content (AvgIpc) is 3.50. The summed E-state index contributed by atoms with van der Waals surface area (Å²) in [6, 6.07) is 16.6. The van der Waals surface area contributed by atoms with Gasteiger partial charge in [0.2, 0.25) is 5.91 Å². The SMILES string of the molecule is CCn1c(COc2ccc(Cl)cc2)nnc1SCC(=O)Nc1scc(-c2ccccc2)c1C(=O)OC. The summed E-state index contributed by atoms with van der Waals surface area (Å²) in [6.45, 7) is 2.82. The Kier molecular flexibility index (Phi) is 8.63. The molecule has 2 aromatic carbocycles. The predicted molar refractivity (Wildman–Crippen MR) is 142 cm³/mol. The summed E-state index contributed by atoms with van der Waals surface area (Å²) in [5, 5.41) is 14.8. The number of methoxy groups -OCH3 is 1. The summed E-state index contributed by atoms with van der Waals surface area (Å²) in [5.74, 6) is 0.639. The fourth-order valence-electron chi connectivity index (χ4n) is 3.41. The number of esters is 1. The zero-order valence-electron chi connectivity index (χ0n) is 19.6. The van der Waals surface area contributed by atoms with Crippen LogP contribution in [0.3, 0.4) is 0 Å². The van der Waals surface area contributed by atoms with E-state index in [4.69, 9.17) is 21.1 Å². The number of carbonyl (C=O) groups excluding carboxylic acids is 2. The van der Waals surface area contributed by atoms with Crippen LogP contribution in [-0.4, -0.2) is 39.5 Å². The molecule has 186 valence electrons. The quantitative estimate of drug-likeness (QED) is 0.200. The summed E-state index contributed by atoms with van der Waals surface area (Å²) in [6.07, 6.45) is 0. The molecule has 0 saturated carbocycles. The number of amides is 1. The van der Waals surface area contributed by atoms with E-state index in [1.165, 1.54) is 30.2 Å². The Labute approximate surface area is 221 Å². The van der Waals surface area contributed by atoms with E-state index in [2.05, 4.69) is 15.5 Å². The molecule has 2 aromatic heterocycles. The van der Waals surface area contributed by atoms with E-state index in [0.717, 1.165) is 5.56 Å². The van der Waals surface area contributed by atoms with E-state index in [1.807, 2.05) is 47.2 Å². The van der Waals surface area contributed by atoms with Gasteiger partial charge in [0.1, 0.15) is 22.9 Å². The summed E-state index contributed by atoms with van der Waals surface area (Å²) in [4.78, 5) is 25.3. The van der Waals surface area contributed by atoms with Crippen LogP contribution in [0.1, 0.15) is 23.1 Å². The van der Waals surface area contributed by atoms with Gasteiger partial charge in [0, 0.05) is 22.5 Å². The Morgan fingerprint density at radius 2 is 1.86 bits per heavy atom. The molecule has 0 fully saturated rings. The molecule has 4 rings (SSSR count). The molecule has 0 saturated heterocycles. The lowest BCUT2D eigenvalue weighted by Crippen LogP contribution is -2.16. The van der Waals surface area contributed by atoms with Crippen molar-refractivity contribution in [2.24, 2.45) is 0 Å². The zero-order chi connectivity index (χ0) is 25.5. The number of hydrogen-bond acceptors (Lipinski definition) is 8. The van der Waals surface area contributed by atoms with Gasteiger partial charge in [0.25, 0.3) is 0 Å². The molecule has 0 aliphatic rings. The molecular formula is C25H23ClN4O4S2. The monoisotopic (exact) mass is 542 g/mol. The second-order valence-corrected chi connectivity index (χ2v) is 9.69. The Balaban J connectivity index is 1.41. The fraction of sp³-hybridized carbons (Fsp3) is 0.200. The van der Waals surface area contributed by atoms with Gasteiger partial charge < -0.3 is 19.4 Å². The smallest absolute Gasteiger partial charge is 0.341 e.